The van der Waals surface area contributed by atoms with Crippen LogP contribution in [0.2, 0.25) is 0 Å². The zero-order valence-electron chi connectivity index (χ0n) is 10.2. The maximum absolute atomic E-state index is 4.36. The Morgan fingerprint density at radius 2 is 2.50 bits per heavy atom. The summed E-state index contributed by atoms with van der Waals surface area (Å²) < 4.78 is 1.99. The normalized spacial score (nSPS) is 21.2. The standard InChI is InChI=1S/C12H21N3S/c1-10-8-12(15(2)14-10)16-7-5-11-4-3-6-13-9-11/h8,11,13H,3-7,9H2,1-2H3. The van der Waals surface area contributed by atoms with Gasteiger partial charge in [0.2, 0.25) is 0 Å². The average Bonchev–Trinajstić information content (AvgIpc) is 2.59. The summed E-state index contributed by atoms with van der Waals surface area (Å²) >= 11 is 1.93. The Bertz CT molecular complexity index is 329. The lowest BCUT2D eigenvalue weighted by Crippen LogP contribution is -2.29. The van der Waals surface area contributed by atoms with Gasteiger partial charge in [-0.15, -0.1) is 11.8 Å². The first-order valence-electron chi connectivity index (χ1n) is 6.10. The predicted octanol–water partition coefficient (Wildman–Crippen LogP) is 2.21. The second-order valence-corrected chi connectivity index (χ2v) is 5.71. The molecule has 0 bridgehead atoms. The van der Waals surface area contributed by atoms with Crippen LogP contribution in [-0.2, 0) is 7.05 Å². The molecule has 1 unspecified atom stereocenters. The molecule has 1 N–H and O–H groups in total. The van der Waals surface area contributed by atoms with E-state index in [1.165, 1.54) is 43.1 Å². The van der Waals surface area contributed by atoms with Crippen molar-refractivity contribution in [2.24, 2.45) is 13.0 Å². The molecule has 0 radical (unpaired) electrons. The highest BCUT2D eigenvalue weighted by atomic mass is 32.2. The average molecular weight is 239 g/mol. The molecule has 1 aliphatic rings. The van der Waals surface area contributed by atoms with E-state index in [9.17, 15) is 0 Å². The molecule has 3 nitrogen and oxygen atoms in total. The van der Waals surface area contributed by atoms with Crippen LogP contribution in [0.5, 0.6) is 0 Å². The van der Waals surface area contributed by atoms with Crippen molar-refractivity contribution in [3.05, 3.63) is 11.8 Å². The highest BCUT2D eigenvalue weighted by Gasteiger charge is 2.12. The van der Waals surface area contributed by atoms with Gasteiger partial charge in [-0.2, -0.15) is 5.10 Å². The summed E-state index contributed by atoms with van der Waals surface area (Å²) in [6, 6.07) is 2.17. The minimum Gasteiger partial charge on any atom is -0.316 e. The van der Waals surface area contributed by atoms with Crippen molar-refractivity contribution in [2.75, 3.05) is 18.8 Å². The summed E-state index contributed by atoms with van der Waals surface area (Å²) in [6.45, 7) is 4.48. The van der Waals surface area contributed by atoms with Crippen LogP contribution in [0.1, 0.15) is 25.0 Å². The van der Waals surface area contributed by atoms with Crippen molar-refractivity contribution in [1.29, 1.82) is 0 Å². The van der Waals surface area contributed by atoms with Crippen molar-refractivity contribution in [3.63, 3.8) is 0 Å². The van der Waals surface area contributed by atoms with Gasteiger partial charge in [-0.1, -0.05) is 0 Å². The summed E-state index contributed by atoms with van der Waals surface area (Å²) in [4.78, 5) is 0. The van der Waals surface area contributed by atoms with E-state index in [1.54, 1.807) is 0 Å². The largest absolute Gasteiger partial charge is 0.316 e. The molecule has 0 spiro atoms. The molecule has 0 amide bonds. The van der Waals surface area contributed by atoms with Crippen molar-refractivity contribution in [2.45, 2.75) is 31.2 Å². The fourth-order valence-corrected chi connectivity index (χ4v) is 3.36. The van der Waals surface area contributed by atoms with E-state index < -0.39 is 0 Å². The highest BCUT2D eigenvalue weighted by molar-refractivity contribution is 7.99. The van der Waals surface area contributed by atoms with E-state index in [0.29, 0.717) is 0 Å². The van der Waals surface area contributed by atoms with Crippen LogP contribution in [0.25, 0.3) is 0 Å². The lowest BCUT2D eigenvalue weighted by Gasteiger charge is -2.22. The van der Waals surface area contributed by atoms with Gasteiger partial charge in [0.25, 0.3) is 0 Å². The molecule has 1 aromatic heterocycles. The Morgan fingerprint density at radius 1 is 1.62 bits per heavy atom. The van der Waals surface area contributed by atoms with Gasteiger partial charge in [0.05, 0.1) is 10.7 Å². The van der Waals surface area contributed by atoms with E-state index in [0.717, 1.165) is 11.6 Å². The molecule has 0 aliphatic carbocycles. The number of aryl methyl sites for hydroxylation is 2. The Balaban J connectivity index is 1.73. The van der Waals surface area contributed by atoms with Gasteiger partial charge in [0, 0.05) is 7.05 Å². The molecule has 1 saturated heterocycles. The number of nitrogens with one attached hydrogen (secondary N) is 1. The van der Waals surface area contributed by atoms with Gasteiger partial charge in [-0.25, -0.2) is 0 Å². The number of piperidine rings is 1. The highest BCUT2D eigenvalue weighted by Crippen LogP contribution is 2.23. The first-order valence-corrected chi connectivity index (χ1v) is 7.08. The summed E-state index contributed by atoms with van der Waals surface area (Å²) in [5.41, 5.74) is 1.12. The Labute approximate surface area is 102 Å². The summed E-state index contributed by atoms with van der Waals surface area (Å²) in [5, 5.41) is 9.12. The fraction of sp³-hybridized carbons (Fsp3) is 0.750. The molecule has 4 heteroatoms. The number of aromatic nitrogens is 2. The maximum Gasteiger partial charge on any atom is 0.0939 e. The SMILES string of the molecule is Cc1cc(SCCC2CCCNC2)n(C)n1. The van der Waals surface area contributed by atoms with Crippen LogP contribution in [0.4, 0.5) is 0 Å². The molecule has 2 heterocycles. The third-order valence-electron chi connectivity index (χ3n) is 3.13. The number of hydrogen-bond donors (Lipinski definition) is 1. The molecular weight excluding hydrogens is 218 g/mol. The molecule has 16 heavy (non-hydrogen) atoms. The molecule has 0 aromatic carbocycles. The maximum atomic E-state index is 4.36. The monoisotopic (exact) mass is 239 g/mol. The van der Waals surface area contributed by atoms with Gasteiger partial charge in [-0.3, -0.25) is 4.68 Å². The van der Waals surface area contributed by atoms with Crippen molar-refractivity contribution in [3.8, 4) is 0 Å². The van der Waals surface area contributed by atoms with Crippen LogP contribution in [0.15, 0.2) is 11.1 Å². The molecule has 1 aliphatic heterocycles. The van der Waals surface area contributed by atoms with Crippen LogP contribution < -0.4 is 5.32 Å². The first kappa shape index (κ1) is 12.0. The molecule has 0 saturated carbocycles. The fourth-order valence-electron chi connectivity index (χ4n) is 2.22. The lowest BCUT2D eigenvalue weighted by molar-refractivity contribution is 0.371. The van der Waals surface area contributed by atoms with Crippen LogP contribution in [0.3, 0.4) is 0 Å². The minimum atomic E-state index is 0.885. The van der Waals surface area contributed by atoms with Gasteiger partial charge in [0.1, 0.15) is 0 Å². The Hall–Kier alpha value is -0.480. The molecule has 2 rings (SSSR count). The zero-order valence-corrected chi connectivity index (χ0v) is 11.0. The van der Waals surface area contributed by atoms with Crippen molar-refractivity contribution >= 4 is 11.8 Å². The van der Waals surface area contributed by atoms with Gasteiger partial charge >= 0.3 is 0 Å². The molecular formula is C12H21N3S. The van der Waals surface area contributed by atoms with Gasteiger partial charge < -0.3 is 5.32 Å². The minimum absolute atomic E-state index is 0.885. The molecule has 1 aromatic rings. The second kappa shape index (κ2) is 5.73. The number of nitrogens with zero attached hydrogens (tertiary/aromatic N) is 2. The van der Waals surface area contributed by atoms with E-state index in [1.807, 2.05) is 23.5 Å². The number of thioether (sulfide) groups is 1. The first-order chi connectivity index (χ1) is 7.75. The van der Waals surface area contributed by atoms with Gasteiger partial charge in [0.15, 0.2) is 0 Å². The van der Waals surface area contributed by atoms with E-state index in [-0.39, 0.29) is 0 Å². The Morgan fingerprint density at radius 3 is 3.12 bits per heavy atom. The lowest BCUT2D eigenvalue weighted by atomic mass is 9.97. The summed E-state index contributed by atoms with van der Waals surface area (Å²) in [7, 11) is 2.03. The topological polar surface area (TPSA) is 29.9 Å². The zero-order chi connectivity index (χ0) is 11.4. The smallest absolute Gasteiger partial charge is 0.0939 e. The molecule has 1 fully saturated rings. The third-order valence-corrected chi connectivity index (χ3v) is 4.25. The second-order valence-electron chi connectivity index (χ2n) is 4.60. The summed E-state index contributed by atoms with van der Waals surface area (Å²) in [5.74, 6) is 2.10. The van der Waals surface area contributed by atoms with Crippen molar-refractivity contribution < 1.29 is 0 Å². The van der Waals surface area contributed by atoms with E-state index in [4.69, 9.17) is 0 Å². The van der Waals surface area contributed by atoms with Crippen LogP contribution in [-0.4, -0.2) is 28.6 Å². The van der Waals surface area contributed by atoms with E-state index in [2.05, 4.69) is 23.4 Å². The quantitative estimate of drug-likeness (QED) is 0.817. The molecule has 1 atom stereocenters. The van der Waals surface area contributed by atoms with Crippen LogP contribution >= 0.6 is 11.8 Å². The summed E-state index contributed by atoms with van der Waals surface area (Å²) in [6.07, 6.45) is 4.07. The molecule has 90 valence electrons. The Kier molecular flexibility index (Phi) is 4.29. The number of rotatable bonds is 4. The van der Waals surface area contributed by atoms with Crippen LogP contribution in [0, 0.1) is 12.8 Å². The van der Waals surface area contributed by atoms with Gasteiger partial charge in [-0.05, 0) is 57.0 Å². The van der Waals surface area contributed by atoms with Crippen molar-refractivity contribution in [1.82, 2.24) is 15.1 Å². The third kappa shape index (κ3) is 3.25. The number of hydrogen-bond acceptors (Lipinski definition) is 3. The predicted molar refractivity (Wildman–Crippen MR) is 68.9 cm³/mol. The van der Waals surface area contributed by atoms with E-state index >= 15 is 0 Å².